The number of hydrogen-bond acceptors (Lipinski definition) is 0. The van der Waals surface area contributed by atoms with Crippen LogP contribution in [0.5, 0.6) is 0 Å². The van der Waals surface area contributed by atoms with Crippen LogP contribution >= 0.6 is 0 Å². The molecule has 0 aromatic carbocycles. The molecule has 1 aliphatic rings. The molecule has 1 fully saturated rings. The molecule has 1 saturated carbocycles. The highest BCUT2D eigenvalue weighted by Crippen LogP contribution is 2.30. The summed E-state index contributed by atoms with van der Waals surface area (Å²) in [6.07, 6.45) is 13.4. The number of rotatable bonds is 2. The summed E-state index contributed by atoms with van der Waals surface area (Å²) in [7, 11) is 0. The fraction of sp³-hybridized carbons (Fsp3) is 0.714. The summed E-state index contributed by atoms with van der Waals surface area (Å²) in [6.45, 7) is 6.88. The van der Waals surface area contributed by atoms with E-state index >= 15 is 0 Å². The summed E-state index contributed by atoms with van der Waals surface area (Å²) in [4.78, 5) is 0. The standard InChI is InChI=1S/C14H24/c1-4-5-6-7-14-9-8-12(2)10-13(3)11-14/h4-5,7,12-13H,6,8-11H2,1-3H3. The zero-order chi connectivity index (χ0) is 10.4. The quantitative estimate of drug-likeness (QED) is 0.438. The Morgan fingerprint density at radius 1 is 1.29 bits per heavy atom. The lowest BCUT2D eigenvalue weighted by molar-refractivity contribution is 0.426. The van der Waals surface area contributed by atoms with Crippen molar-refractivity contribution in [2.24, 2.45) is 11.8 Å². The van der Waals surface area contributed by atoms with Crippen LogP contribution in [0.2, 0.25) is 0 Å². The lowest BCUT2D eigenvalue weighted by Crippen LogP contribution is -1.98. The predicted molar refractivity (Wildman–Crippen MR) is 64.3 cm³/mol. The van der Waals surface area contributed by atoms with Gasteiger partial charge in [0.05, 0.1) is 0 Å². The second kappa shape index (κ2) is 6.06. The second-order valence-corrected chi connectivity index (χ2v) is 4.86. The summed E-state index contributed by atoms with van der Waals surface area (Å²) < 4.78 is 0. The summed E-state index contributed by atoms with van der Waals surface area (Å²) >= 11 is 0. The molecule has 0 heterocycles. The van der Waals surface area contributed by atoms with E-state index in [9.17, 15) is 0 Å². The molecule has 0 aromatic rings. The van der Waals surface area contributed by atoms with Crippen molar-refractivity contribution < 1.29 is 0 Å². The van der Waals surface area contributed by atoms with Crippen molar-refractivity contribution in [2.45, 2.75) is 52.9 Å². The average molecular weight is 192 g/mol. The first-order valence-electron chi connectivity index (χ1n) is 6.01. The minimum atomic E-state index is 0.893. The molecule has 2 atom stereocenters. The van der Waals surface area contributed by atoms with Crippen molar-refractivity contribution in [3.8, 4) is 0 Å². The second-order valence-electron chi connectivity index (χ2n) is 4.86. The summed E-state index contributed by atoms with van der Waals surface area (Å²) in [6, 6.07) is 0. The maximum absolute atomic E-state index is 2.44. The van der Waals surface area contributed by atoms with Gasteiger partial charge in [-0.25, -0.2) is 0 Å². The van der Waals surface area contributed by atoms with Crippen molar-refractivity contribution >= 4 is 0 Å². The van der Waals surface area contributed by atoms with Gasteiger partial charge in [-0.05, 0) is 50.9 Å². The van der Waals surface area contributed by atoms with Crippen LogP contribution in [0.4, 0.5) is 0 Å². The third-order valence-corrected chi connectivity index (χ3v) is 3.15. The van der Waals surface area contributed by atoms with Gasteiger partial charge in [-0.1, -0.05) is 37.6 Å². The highest BCUT2D eigenvalue weighted by molar-refractivity contribution is 5.07. The third kappa shape index (κ3) is 4.13. The smallest absolute Gasteiger partial charge is 0.0167 e. The van der Waals surface area contributed by atoms with Gasteiger partial charge in [-0.2, -0.15) is 0 Å². The highest BCUT2D eigenvalue weighted by Gasteiger charge is 2.15. The van der Waals surface area contributed by atoms with Gasteiger partial charge in [0.25, 0.3) is 0 Å². The van der Waals surface area contributed by atoms with E-state index in [0.29, 0.717) is 0 Å². The monoisotopic (exact) mass is 192 g/mol. The van der Waals surface area contributed by atoms with E-state index in [-0.39, 0.29) is 0 Å². The fourth-order valence-corrected chi connectivity index (χ4v) is 2.43. The van der Waals surface area contributed by atoms with Crippen LogP contribution in [0.25, 0.3) is 0 Å². The third-order valence-electron chi connectivity index (χ3n) is 3.15. The molecule has 0 aliphatic heterocycles. The van der Waals surface area contributed by atoms with E-state index in [0.717, 1.165) is 18.3 Å². The molecular weight excluding hydrogens is 168 g/mol. The Balaban J connectivity index is 2.48. The van der Waals surface area contributed by atoms with Crippen LogP contribution in [0.15, 0.2) is 23.8 Å². The van der Waals surface area contributed by atoms with Crippen molar-refractivity contribution in [1.82, 2.24) is 0 Å². The maximum atomic E-state index is 2.44. The molecule has 1 aliphatic carbocycles. The Morgan fingerprint density at radius 3 is 2.79 bits per heavy atom. The van der Waals surface area contributed by atoms with Crippen LogP contribution in [-0.2, 0) is 0 Å². The first-order chi connectivity index (χ1) is 6.72. The van der Waals surface area contributed by atoms with Crippen LogP contribution in [0.1, 0.15) is 52.9 Å². The van der Waals surface area contributed by atoms with Crippen molar-refractivity contribution in [1.29, 1.82) is 0 Å². The van der Waals surface area contributed by atoms with Gasteiger partial charge in [-0.15, -0.1) is 0 Å². The Hall–Kier alpha value is -0.520. The van der Waals surface area contributed by atoms with Crippen molar-refractivity contribution in [3.05, 3.63) is 23.8 Å². The summed E-state index contributed by atoms with van der Waals surface area (Å²) in [5.41, 5.74) is 1.69. The van der Waals surface area contributed by atoms with Crippen LogP contribution in [0, 0.1) is 11.8 Å². The van der Waals surface area contributed by atoms with Crippen LogP contribution in [0.3, 0.4) is 0 Å². The Kier molecular flexibility index (Phi) is 5.00. The van der Waals surface area contributed by atoms with Crippen molar-refractivity contribution in [2.75, 3.05) is 0 Å². The van der Waals surface area contributed by atoms with Gasteiger partial charge in [0.15, 0.2) is 0 Å². The van der Waals surface area contributed by atoms with Gasteiger partial charge < -0.3 is 0 Å². The van der Waals surface area contributed by atoms with Gasteiger partial charge in [-0.3, -0.25) is 0 Å². The van der Waals surface area contributed by atoms with E-state index < -0.39 is 0 Å². The molecule has 0 spiro atoms. The molecule has 80 valence electrons. The molecule has 0 heteroatoms. The van der Waals surface area contributed by atoms with E-state index in [1.165, 1.54) is 25.7 Å². The van der Waals surface area contributed by atoms with Crippen LogP contribution in [-0.4, -0.2) is 0 Å². The van der Waals surface area contributed by atoms with Gasteiger partial charge >= 0.3 is 0 Å². The molecule has 0 radical (unpaired) electrons. The lowest BCUT2D eigenvalue weighted by atomic mass is 9.96. The Bertz CT molecular complexity index is 210. The largest absolute Gasteiger partial charge is 0.0914 e. The molecule has 0 saturated heterocycles. The molecule has 0 N–H and O–H groups in total. The topological polar surface area (TPSA) is 0 Å². The zero-order valence-corrected chi connectivity index (χ0v) is 9.92. The first-order valence-corrected chi connectivity index (χ1v) is 6.01. The van der Waals surface area contributed by atoms with E-state index in [4.69, 9.17) is 0 Å². The molecular formula is C14H24. The molecule has 0 nitrogen and oxygen atoms in total. The number of hydrogen-bond donors (Lipinski definition) is 0. The fourth-order valence-electron chi connectivity index (χ4n) is 2.43. The van der Waals surface area contributed by atoms with Gasteiger partial charge in [0.2, 0.25) is 0 Å². The molecule has 14 heavy (non-hydrogen) atoms. The predicted octanol–water partition coefficient (Wildman–Crippen LogP) is 4.73. The summed E-state index contributed by atoms with van der Waals surface area (Å²) in [5, 5.41) is 0. The minimum absolute atomic E-state index is 0.893. The van der Waals surface area contributed by atoms with Gasteiger partial charge in [0.1, 0.15) is 0 Å². The Morgan fingerprint density at radius 2 is 2.07 bits per heavy atom. The molecule has 0 bridgehead atoms. The Labute approximate surface area is 89.1 Å². The first kappa shape index (κ1) is 11.6. The maximum Gasteiger partial charge on any atom is -0.0167 e. The molecule has 2 unspecified atom stereocenters. The van der Waals surface area contributed by atoms with E-state index in [1.54, 1.807) is 5.57 Å². The molecule has 1 rings (SSSR count). The highest BCUT2D eigenvalue weighted by atomic mass is 14.2. The van der Waals surface area contributed by atoms with Gasteiger partial charge in [0, 0.05) is 0 Å². The zero-order valence-electron chi connectivity index (χ0n) is 9.92. The molecule has 0 aromatic heterocycles. The minimum Gasteiger partial charge on any atom is -0.0914 e. The van der Waals surface area contributed by atoms with Crippen molar-refractivity contribution in [3.63, 3.8) is 0 Å². The lowest BCUT2D eigenvalue weighted by Gasteiger charge is -2.10. The number of allylic oxidation sites excluding steroid dienone is 4. The molecule has 0 amide bonds. The average Bonchev–Trinajstić information content (AvgIpc) is 2.28. The van der Waals surface area contributed by atoms with Crippen LogP contribution < -0.4 is 0 Å². The van der Waals surface area contributed by atoms with E-state index in [2.05, 4.69) is 39.0 Å². The SMILES string of the molecule is CC=CCC=C1CCC(C)CC(C)C1. The summed E-state index contributed by atoms with van der Waals surface area (Å²) in [5.74, 6) is 1.82. The van der Waals surface area contributed by atoms with E-state index in [1.807, 2.05) is 0 Å². The normalized spacial score (nSPS) is 32.4.